The second-order valence-electron chi connectivity index (χ2n) is 6.22. The number of hydrogen-bond acceptors (Lipinski definition) is 4. The first-order valence-electron chi connectivity index (χ1n) is 8.31. The summed E-state index contributed by atoms with van der Waals surface area (Å²) in [7, 11) is 1.77. The van der Waals surface area contributed by atoms with Gasteiger partial charge in [-0.2, -0.15) is 5.10 Å². The first-order chi connectivity index (χ1) is 12.0. The number of amides is 2. The fraction of sp³-hybridized carbons (Fsp3) is 0.389. The molecule has 2 amide bonds. The van der Waals surface area contributed by atoms with Crippen LogP contribution in [0.5, 0.6) is 0 Å². The number of cyclic esters (lactones) is 1. The quantitative estimate of drug-likeness (QED) is 0.868. The predicted octanol–water partition coefficient (Wildman–Crippen LogP) is 1.80. The van der Waals surface area contributed by atoms with E-state index in [-0.39, 0.29) is 12.0 Å². The van der Waals surface area contributed by atoms with Gasteiger partial charge < -0.3 is 10.1 Å². The number of nitrogens with one attached hydrogen (secondary N) is 1. The van der Waals surface area contributed by atoms with Crippen molar-refractivity contribution in [1.82, 2.24) is 15.1 Å². The van der Waals surface area contributed by atoms with E-state index in [1.807, 2.05) is 31.2 Å². The van der Waals surface area contributed by atoms with Crippen LogP contribution in [-0.4, -0.2) is 41.0 Å². The topological polar surface area (TPSA) is 76.5 Å². The van der Waals surface area contributed by atoms with Crippen LogP contribution >= 0.6 is 0 Å². The highest BCUT2D eigenvalue weighted by Crippen LogP contribution is 2.20. The number of benzene rings is 1. The van der Waals surface area contributed by atoms with Crippen molar-refractivity contribution < 1.29 is 14.3 Å². The van der Waals surface area contributed by atoms with Gasteiger partial charge in [-0.15, -0.1) is 0 Å². The van der Waals surface area contributed by atoms with Crippen LogP contribution in [0.1, 0.15) is 17.5 Å². The lowest BCUT2D eigenvalue weighted by atomic mass is 10.1. The van der Waals surface area contributed by atoms with Crippen molar-refractivity contribution in [3.63, 3.8) is 0 Å². The second-order valence-corrected chi connectivity index (χ2v) is 6.22. The lowest BCUT2D eigenvalue weighted by Crippen LogP contribution is -2.35. The number of hydrogen-bond donors (Lipinski definition) is 1. The molecule has 1 aliphatic rings. The van der Waals surface area contributed by atoms with E-state index in [4.69, 9.17) is 4.74 Å². The number of carbonyl (C=O) groups excluding carboxylic acids is 2. The molecule has 1 N–H and O–H groups in total. The predicted molar refractivity (Wildman–Crippen MR) is 93.3 cm³/mol. The van der Waals surface area contributed by atoms with E-state index >= 15 is 0 Å². The van der Waals surface area contributed by atoms with Gasteiger partial charge >= 0.3 is 6.09 Å². The third kappa shape index (κ3) is 4.17. The standard InChI is InChI=1S/C18H22N4O3/c1-13-3-5-14(6-4-13)7-8-16(23)19-11-15-12-22(18(24)25-15)17-9-10-20-21(17)2/h3-6,9-10,15H,7-8,11-12H2,1-2H3,(H,19,23). The Hall–Kier alpha value is -2.83. The molecule has 1 aromatic carbocycles. The molecular formula is C18H22N4O3. The number of ether oxygens (including phenoxy) is 1. The Morgan fingerprint density at radius 2 is 2.08 bits per heavy atom. The van der Waals surface area contributed by atoms with Gasteiger partial charge in [0.2, 0.25) is 5.91 Å². The van der Waals surface area contributed by atoms with E-state index in [1.165, 1.54) is 10.5 Å². The van der Waals surface area contributed by atoms with Crippen LogP contribution in [0.4, 0.5) is 10.6 Å². The van der Waals surface area contributed by atoms with Crippen LogP contribution in [0.2, 0.25) is 0 Å². The lowest BCUT2D eigenvalue weighted by molar-refractivity contribution is -0.121. The maximum atomic E-state index is 12.0. The monoisotopic (exact) mass is 342 g/mol. The smallest absolute Gasteiger partial charge is 0.416 e. The minimum absolute atomic E-state index is 0.0457. The fourth-order valence-corrected chi connectivity index (χ4v) is 2.78. The van der Waals surface area contributed by atoms with Gasteiger partial charge in [0.25, 0.3) is 0 Å². The van der Waals surface area contributed by atoms with E-state index in [9.17, 15) is 9.59 Å². The van der Waals surface area contributed by atoms with Gasteiger partial charge in [0.15, 0.2) is 0 Å². The molecule has 0 saturated carbocycles. The van der Waals surface area contributed by atoms with Crippen molar-refractivity contribution in [2.24, 2.45) is 7.05 Å². The van der Waals surface area contributed by atoms with Crippen LogP contribution < -0.4 is 10.2 Å². The third-order valence-corrected chi connectivity index (χ3v) is 4.23. The summed E-state index contributed by atoms with van der Waals surface area (Å²) in [5.41, 5.74) is 2.34. The molecule has 1 saturated heterocycles. The molecule has 0 aliphatic carbocycles. The molecule has 1 aliphatic heterocycles. The summed E-state index contributed by atoms with van der Waals surface area (Å²) < 4.78 is 6.93. The van der Waals surface area contributed by atoms with E-state index < -0.39 is 6.09 Å². The molecule has 7 heteroatoms. The van der Waals surface area contributed by atoms with Gasteiger partial charge in [-0.1, -0.05) is 29.8 Å². The molecule has 0 bridgehead atoms. The van der Waals surface area contributed by atoms with Gasteiger partial charge in [-0.3, -0.25) is 14.4 Å². The Balaban J connectivity index is 1.44. The highest BCUT2D eigenvalue weighted by atomic mass is 16.6. The van der Waals surface area contributed by atoms with Gasteiger partial charge in [0.05, 0.1) is 19.3 Å². The summed E-state index contributed by atoms with van der Waals surface area (Å²) >= 11 is 0. The van der Waals surface area contributed by atoms with Gasteiger partial charge in [0, 0.05) is 19.5 Å². The Bertz CT molecular complexity index is 754. The van der Waals surface area contributed by atoms with Crippen molar-refractivity contribution in [3.8, 4) is 0 Å². The summed E-state index contributed by atoms with van der Waals surface area (Å²) in [6, 6.07) is 9.90. The van der Waals surface area contributed by atoms with Crippen LogP contribution in [0.15, 0.2) is 36.5 Å². The summed E-state index contributed by atoms with van der Waals surface area (Å²) in [6.45, 7) is 2.75. The largest absolute Gasteiger partial charge is 0.442 e. The zero-order valence-corrected chi connectivity index (χ0v) is 14.4. The SMILES string of the molecule is Cc1ccc(CCC(=O)NCC2CN(c3ccnn3C)C(=O)O2)cc1. The first kappa shape index (κ1) is 17.0. The van der Waals surface area contributed by atoms with Crippen molar-refractivity contribution in [3.05, 3.63) is 47.7 Å². The van der Waals surface area contributed by atoms with Crippen molar-refractivity contribution in [1.29, 1.82) is 0 Å². The molecule has 132 valence electrons. The Morgan fingerprint density at radius 1 is 1.32 bits per heavy atom. The second kappa shape index (κ2) is 7.38. The van der Waals surface area contributed by atoms with E-state index in [0.29, 0.717) is 31.7 Å². The first-order valence-corrected chi connectivity index (χ1v) is 8.31. The highest BCUT2D eigenvalue weighted by Gasteiger charge is 2.33. The molecule has 2 aromatic rings. The van der Waals surface area contributed by atoms with Crippen molar-refractivity contribution >= 4 is 17.8 Å². The van der Waals surface area contributed by atoms with Crippen LogP contribution in [-0.2, 0) is 23.0 Å². The van der Waals surface area contributed by atoms with Gasteiger partial charge in [-0.25, -0.2) is 4.79 Å². The lowest BCUT2D eigenvalue weighted by Gasteiger charge is -2.12. The molecular weight excluding hydrogens is 320 g/mol. The number of aromatic nitrogens is 2. The molecule has 2 heterocycles. The van der Waals surface area contributed by atoms with Crippen molar-refractivity contribution in [2.45, 2.75) is 25.9 Å². The van der Waals surface area contributed by atoms with E-state index in [1.54, 1.807) is 24.0 Å². The molecule has 1 atom stereocenters. The number of nitrogens with zero attached hydrogens (tertiary/aromatic N) is 3. The summed E-state index contributed by atoms with van der Waals surface area (Å²) in [5, 5.41) is 6.89. The minimum Gasteiger partial charge on any atom is -0.442 e. The normalized spacial score (nSPS) is 16.8. The number of rotatable bonds is 6. The third-order valence-electron chi connectivity index (χ3n) is 4.23. The van der Waals surface area contributed by atoms with E-state index in [0.717, 1.165) is 5.56 Å². The Kier molecular flexibility index (Phi) is 5.02. The molecule has 1 fully saturated rings. The van der Waals surface area contributed by atoms with Gasteiger partial charge in [0.1, 0.15) is 11.9 Å². The Labute approximate surface area is 146 Å². The fourth-order valence-electron chi connectivity index (χ4n) is 2.78. The number of carbonyl (C=O) groups is 2. The van der Waals surface area contributed by atoms with Crippen molar-refractivity contribution in [2.75, 3.05) is 18.0 Å². The Morgan fingerprint density at radius 3 is 2.76 bits per heavy atom. The van der Waals surface area contributed by atoms with Crippen LogP contribution in [0, 0.1) is 6.92 Å². The number of anilines is 1. The molecule has 1 unspecified atom stereocenters. The maximum absolute atomic E-state index is 12.0. The molecule has 1 aromatic heterocycles. The molecule has 0 radical (unpaired) electrons. The minimum atomic E-state index is -0.414. The summed E-state index contributed by atoms with van der Waals surface area (Å²) in [5.74, 6) is 0.633. The zero-order chi connectivity index (χ0) is 17.8. The summed E-state index contributed by atoms with van der Waals surface area (Å²) in [4.78, 5) is 25.5. The molecule has 7 nitrogen and oxygen atoms in total. The molecule has 0 spiro atoms. The average molecular weight is 342 g/mol. The van der Waals surface area contributed by atoms with Gasteiger partial charge in [-0.05, 0) is 18.9 Å². The zero-order valence-electron chi connectivity index (χ0n) is 14.4. The maximum Gasteiger partial charge on any atom is 0.416 e. The molecule has 3 rings (SSSR count). The average Bonchev–Trinajstić information content (AvgIpc) is 3.17. The van der Waals surface area contributed by atoms with Crippen LogP contribution in [0.3, 0.4) is 0 Å². The van der Waals surface area contributed by atoms with Crippen LogP contribution in [0.25, 0.3) is 0 Å². The summed E-state index contributed by atoms with van der Waals surface area (Å²) in [6.07, 6.45) is 1.96. The highest BCUT2D eigenvalue weighted by molar-refractivity contribution is 5.88. The van der Waals surface area contributed by atoms with E-state index in [2.05, 4.69) is 10.4 Å². The number of aryl methyl sites for hydroxylation is 3. The molecule has 25 heavy (non-hydrogen) atoms.